The van der Waals surface area contributed by atoms with Crippen molar-refractivity contribution in [2.45, 2.75) is 45.7 Å². The van der Waals surface area contributed by atoms with Crippen molar-refractivity contribution in [2.75, 3.05) is 18.0 Å². The lowest BCUT2D eigenvalue weighted by Crippen LogP contribution is -2.25. The van der Waals surface area contributed by atoms with Crippen molar-refractivity contribution < 1.29 is 4.79 Å². The van der Waals surface area contributed by atoms with Crippen molar-refractivity contribution in [1.29, 1.82) is 0 Å². The molecule has 2 aromatic heterocycles. The SMILES string of the molecule is CCn1ccc(C(=O)NCc2ccc(N3CCCCCC3)nc2)n1. The molecule has 0 saturated carbocycles. The lowest BCUT2D eigenvalue weighted by Gasteiger charge is -2.21. The second-order valence-electron chi connectivity index (χ2n) is 6.17. The second kappa shape index (κ2) is 7.95. The fourth-order valence-electron chi connectivity index (χ4n) is 2.94. The number of hydrogen-bond donors (Lipinski definition) is 1. The first-order chi connectivity index (χ1) is 11.8. The molecule has 0 bridgehead atoms. The number of carbonyl (C=O) groups excluding carboxylic acids is 1. The standard InChI is InChI=1S/C18H25N5O/c1-2-23-12-9-16(21-23)18(24)20-14-15-7-8-17(19-13-15)22-10-5-3-4-6-11-22/h7-9,12-13H,2-6,10-11,14H2,1H3,(H,20,24). The Labute approximate surface area is 142 Å². The van der Waals surface area contributed by atoms with Crippen LogP contribution >= 0.6 is 0 Å². The summed E-state index contributed by atoms with van der Waals surface area (Å²) in [4.78, 5) is 19.0. The Kier molecular flexibility index (Phi) is 5.46. The second-order valence-corrected chi connectivity index (χ2v) is 6.17. The van der Waals surface area contributed by atoms with Gasteiger partial charge in [0.05, 0.1) is 0 Å². The highest BCUT2D eigenvalue weighted by molar-refractivity contribution is 5.92. The smallest absolute Gasteiger partial charge is 0.272 e. The summed E-state index contributed by atoms with van der Waals surface area (Å²) in [7, 11) is 0. The van der Waals surface area contributed by atoms with Crippen molar-refractivity contribution in [3.8, 4) is 0 Å². The van der Waals surface area contributed by atoms with E-state index < -0.39 is 0 Å². The zero-order valence-corrected chi connectivity index (χ0v) is 14.2. The van der Waals surface area contributed by atoms with E-state index in [1.807, 2.05) is 25.4 Å². The summed E-state index contributed by atoms with van der Waals surface area (Å²) >= 11 is 0. The highest BCUT2D eigenvalue weighted by Crippen LogP contribution is 2.17. The zero-order valence-electron chi connectivity index (χ0n) is 14.2. The Morgan fingerprint density at radius 3 is 2.58 bits per heavy atom. The summed E-state index contributed by atoms with van der Waals surface area (Å²) in [6, 6.07) is 5.83. The fourth-order valence-corrected chi connectivity index (χ4v) is 2.94. The molecule has 0 unspecified atom stereocenters. The molecule has 1 N–H and O–H groups in total. The van der Waals surface area contributed by atoms with Crippen LogP contribution in [0.25, 0.3) is 0 Å². The van der Waals surface area contributed by atoms with Crippen LogP contribution in [0.1, 0.15) is 48.7 Å². The third-order valence-electron chi connectivity index (χ3n) is 4.39. The molecule has 1 amide bonds. The fraction of sp³-hybridized carbons (Fsp3) is 0.500. The van der Waals surface area contributed by atoms with Crippen molar-refractivity contribution in [2.24, 2.45) is 0 Å². The van der Waals surface area contributed by atoms with Gasteiger partial charge in [-0.25, -0.2) is 4.98 Å². The number of amides is 1. The minimum absolute atomic E-state index is 0.154. The van der Waals surface area contributed by atoms with E-state index in [2.05, 4.69) is 26.4 Å². The highest BCUT2D eigenvalue weighted by atomic mass is 16.1. The first-order valence-electron chi connectivity index (χ1n) is 8.78. The summed E-state index contributed by atoms with van der Waals surface area (Å²) in [5, 5.41) is 7.10. The molecule has 0 aromatic carbocycles. The van der Waals surface area contributed by atoms with Gasteiger partial charge in [0.15, 0.2) is 0 Å². The Morgan fingerprint density at radius 2 is 1.96 bits per heavy atom. The number of anilines is 1. The van der Waals surface area contributed by atoms with Crippen molar-refractivity contribution >= 4 is 11.7 Å². The minimum Gasteiger partial charge on any atom is -0.357 e. The van der Waals surface area contributed by atoms with Gasteiger partial charge in [-0.3, -0.25) is 9.48 Å². The van der Waals surface area contributed by atoms with Crippen LogP contribution in [-0.4, -0.2) is 33.8 Å². The molecule has 128 valence electrons. The molecule has 3 rings (SSSR count). The minimum atomic E-state index is -0.154. The van der Waals surface area contributed by atoms with Gasteiger partial charge in [-0.1, -0.05) is 18.9 Å². The van der Waals surface area contributed by atoms with Crippen molar-refractivity contribution in [1.82, 2.24) is 20.1 Å². The van der Waals surface area contributed by atoms with Crippen LogP contribution in [0.2, 0.25) is 0 Å². The molecule has 0 atom stereocenters. The van der Waals surface area contributed by atoms with Crippen LogP contribution in [0, 0.1) is 0 Å². The lowest BCUT2D eigenvalue weighted by molar-refractivity contribution is 0.0945. The topological polar surface area (TPSA) is 63.1 Å². The van der Waals surface area contributed by atoms with Gasteiger partial charge in [0.1, 0.15) is 11.5 Å². The van der Waals surface area contributed by atoms with Gasteiger partial charge in [-0.2, -0.15) is 5.10 Å². The maximum absolute atomic E-state index is 12.1. The predicted molar refractivity (Wildman–Crippen MR) is 94.0 cm³/mol. The lowest BCUT2D eigenvalue weighted by atomic mass is 10.2. The number of rotatable bonds is 5. The first kappa shape index (κ1) is 16.5. The van der Waals surface area contributed by atoms with Crippen LogP contribution in [0.4, 0.5) is 5.82 Å². The third-order valence-corrected chi connectivity index (χ3v) is 4.39. The van der Waals surface area contributed by atoms with E-state index in [9.17, 15) is 4.79 Å². The van der Waals surface area contributed by atoms with Gasteiger partial charge in [-0.15, -0.1) is 0 Å². The molecule has 1 aliphatic rings. The number of carbonyl (C=O) groups is 1. The number of hydrogen-bond acceptors (Lipinski definition) is 4. The van der Waals surface area contributed by atoms with Gasteiger partial charge >= 0.3 is 0 Å². The van der Waals surface area contributed by atoms with Crippen molar-refractivity contribution in [3.63, 3.8) is 0 Å². The zero-order chi connectivity index (χ0) is 16.8. The number of nitrogens with one attached hydrogen (secondary N) is 1. The predicted octanol–water partition coefficient (Wildman–Crippen LogP) is 2.61. The Balaban J connectivity index is 1.54. The molecule has 0 aliphatic carbocycles. The van der Waals surface area contributed by atoms with Gasteiger partial charge in [-0.05, 0) is 37.5 Å². The molecule has 2 aromatic rings. The molecular weight excluding hydrogens is 302 g/mol. The monoisotopic (exact) mass is 327 g/mol. The Morgan fingerprint density at radius 1 is 1.17 bits per heavy atom. The summed E-state index contributed by atoms with van der Waals surface area (Å²) in [6.45, 7) is 5.39. The Bertz CT molecular complexity index is 656. The van der Waals surface area contributed by atoms with E-state index in [0.29, 0.717) is 12.2 Å². The maximum atomic E-state index is 12.1. The number of aryl methyl sites for hydroxylation is 1. The van der Waals surface area contributed by atoms with Gasteiger partial charge in [0, 0.05) is 38.6 Å². The quantitative estimate of drug-likeness (QED) is 0.917. The van der Waals surface area contributed by atoms with E-state index in [1.165, 1.54) is 25.7 Å². The van der Waals surface area contributed by atoms with E-state index in [1.54, 1.807) is 10.7 Å². The number of nitrogens with zero attached hydrogens (tertiary/aromatic N) is 4. The molecule has 3 heterocycles. The third kappa shape index (κ3) is 4.13. The van der Waals surface area contributed by atoms with E-state index >= 15 is 0 Å². The average molecular weight is 327 g/mol. The van der Waals surface area contributed by atoms with E-state index in [4.69, 9.17) is 0 Å². The molecule has 1 saturated heterocycles. The van der Waals surface area contributed by atoms with Gasteiger partial charge in [0.25, 0.3) is 5.91 Å². The molecule has 24 heavy (non-hydrogen) atoms. The molecule has 0 radical (unpaired) electrons. The summed E-state index contributed by atoms with van der Waals surface area (Å²) in [5.74, 6) is 0.882. The molecule has 0 spiro atoms. The van der Waals surface area contributed by atoms with Gasteiger partial charge < -0.3 is 10.2 Å². The van der Waals surface area contributed by atoms with E-state index in [-0.39, 0.29) is 5.91 Å². The molecular formula is C18H25N5O. The largest absolute Gasteiger partial charge is 0.357 e. The summed E-state index contributed by atoms with van der Waals surface area (Å²) in [6.07, 6.45) is 8.77. The Hall–Kier alpha value is -2.37. The maximum Gasteiger partial charge on any atom is 0.272 e. The number of aromatic nitrogens is 3. The van der Waals surface area contributed by atoms with Crippen LogP contribution in [0.5, 0.6) is 0 Å². The van der Waals surface area contributed by atoms with Crippen LogP contribution in [0.3, 0.4) is 0 Å². The molecule has 1 aliphatic heterocycles. The van der Waals surface area contributed by atoms with Crippen LogP contribution < -0.4 is 10.2 Å². The van der Waals surface area contributed by atoms with Crippen LogP contribution in [0.15, 0.2) is 30.6 Å². The normalized spacial score (nSPS) is 15.1. The first-order valence-corrected chi connectivity index (χ1v) is 8.78. The summed E-state index contributed by atoms with van der Waals surface area (Å²) < 4.78 is 1.74. The van der Waals surface area contributed by atoms with Crippen molar-refractivity contribution in [3.05, 3.63) is 41.9 Å². The molecule has 1 fully saturated rings. The van der Waals surface area contributed by atoms with Gasteiger partial charge in [0.2, 0.25) is 0 Å². The molecule has 6 nitrogen and oxygen atoms in total. The molecule has 6 heteroatoms. The summed E-state index contributed by atoms with van der Waals surface area (Å²) in [5.41, 5.74) is 1.45. The highest BCUT2D eigenvalue weighted by Gasteiger charge is 2.12. The number of pyridine rings is 1. The van der Waals surface area contributed by atoms with E-state index in [0.717, 1.165) is 31.0 Å². The average Bonchev–Trinajstić information content (AvgIpc) is 2.95. The van der Waals surface area contributed by atoms with Crippen LogP contribution in [-0.2, 0) is 13.1 Å².